The summed E-state index contributed by atoms with van der Waals surface area (Å²) in [5.74, 6) is 0. The summed E-state index contributed by atoms with van der Waals surface area (Å²) < 4.78 is 2.38. The highest BCUT2D eigenvalue weighted by molar-refractivity contribution is 9.11. The molecule has 0 atom stereocenters. The van der Waals surface area contributed by atoms with Crippen LogP contribution in [0.5, 0.6) is 0 Å². The lowest BCUT2D eigenvalue weighted by molar-refractivity contribution is 0.684. The summed E-state index contributed by atoms with van der Waals surface area (Å²) >= 11 is 14.8. The van der Waals surface area contributed by atoms with E-state index in [0.29, 0.717) is 0 Å². The van der Waals surface area contributed by atoms with Gasteiger partial charge in [-0.2, -0.15) is 0 Å². The van der Waals surface area contributed by atoms with Gasteiger partial charge < -0.3 is 0 Å². The third-order valence-electron chi connectivity index (χ3n) is 9.69. The van der Waals surface area contributed by atoms with Crippen LogP contribution in [0.4, 0.5) is 0 Å². The van der Waals surface area contributed by atoms with Crippen LogP contribution in [0.1, 0.15) is 65.2 Å². The van der Waals surface area contributed by atoms with Crippen molar-refractivity contribution in [3.05, 3.63) is 92.5 Å². The molecule has 7 heteroatoms. The Morgan fingerprint density at radius 1 is 0.447 bits per heavy atom. The molecule has 4 aromatic heterocycles. The van der Waals surface area contributed by atoms with Gasteiger partial charge >= 0.3 is 0 Å². The molecule has 5 heterocycles. The van der Waals surface area contributed by atoms with Gasteiger partial charge in [-0.25, -0.2) is 0 Å². The Morgan fingerprint density at radius 2 is 0.851 bits per heavy atom. The summed E-state index contributed by atoms with van der Waals surface area (Å²) in [5.41, 5.74) is 5.82. The summed E-state index contributed by atoms with van der Waals surface area (Å²) in [4.78, 5) is 8.17. The quantitative estimate of drug-likeness (QED) is 0.0757. The highest BCUT2D eigenvalue weighted by atomic mass is 79.9. The Morgan fingerprint density at radius 3 is 1.26 bits per heavy atom. The minimum atomic E-state index is -2.01. The first-order valence-electron chi connectivity index (χ1n) is 17.0. The van der Waals surface area contributed by atoms with E-state index >= 15 is 0 Å². The fourth-order valence-electron chi connectivity index (χ4n) is 7.32. The molecular formula is C40H40Br2S4Si. The fraction of sp³-hybridized carbons (Fsp3) is 0.300. The molecule has 0 radical (unpaired) electrons. The molecule has 0 saturated heterocycles. The van der Waals surface area contributed by atoms with E-state index in [9.17, 15) is 0 Å². The SMILES string of the molecule is CCCCCC[Si]1(CCCCCC)c2cc(-c3ccc(-c4ccc(Br)s4)s3)ccc2-c2ccc(-c3ccc(-c4ccc(Br)s4)s3)cc21. The molecule has 0 bridgehead atoms. The largest absolute Gasteiger partial charge is 0.134 e. The molecular weight excluding hydrogens is 797 g/mol. The van der Waals surface area contributed by atoms with Gasteiger partial charge in [0.15, 0.2) is 0 Å². The lowest BCUT2D eigenvalue weighted by Crippen LogP contribution is -2.55. The zero-order valence-corrected chi connectivity index (χ0v) is 34.5. The molecule has 0 aliphatic carbocycles. The fourth-order valence-corrected chi connectivity index (χ4v) is 17.9. The van der Waals surface area contributed by atoms with E-state index in [4.69, 9.17) is 0 Å². The second-order valence-electron chi connectivity index (χ2n) is 12.8. The third kappa shape index (κ3) is 7.06. The van der Waals surface area contributed by atoms with Crippen LogP contribution in [0.25, 0.3) is 51.5 Å². The van der Waals surface area contributed by atoms with Crippen LogP contribution in [-0.2, 0) is 0 Å². The lowest BCUT2D eigenvalue weighted by atomic mass is 10.0. The van der Waals surface area contributed by atoms with Crippen molar-refractivity contribution >= 4 is 95.7 Å². The minimum absolute atomic E-state index is 1.19. The van der Waals surface area contributed by atoms with E-state index in [1.165, 1.54) is 123 Å². The maximum Gasteiger partial charge on any atom is 0.119 e. The number of hydrogen-bond acceptors (Lipinski definition) is 4. The van der Waals surface area contributed by atoms with Crippen LogP contribution in [0.15, 0.2) is 92.5 Å². The monoisotopic (exact) mass is 834 g/mol. The number of unbranched alkanes of at least 4 members (excludes halogenated alkanes) is 6. The number of rotatable bonds is 14. The average Bonchev–Trinajstić information content (AvgIpc) is 3.93. The van der Waals surface area contributed by atoms with Crippen molar-refractivity contribution in [2.24, 2.45) is 0 Å². The number of thiophene rings is 4. The number of halogens is 2. The van der Waals surface area contributed by atoms with Gasteiger partial charge in [-0.05, 0) is 125 Å². The maximum atomic E-state index is 3.66. The van der Waals surface area contributed by atoms with Crippen LogP contribution in [0.2, 0.25) is 12.1 Å². The maximum absolute atomic E-state index is 3.66. The van der Waals surface area contributed by atoms with Crippen molar-refractivity contribution in [2.45, 2.75) is 77.3 Å². The van der Waals surface area contributed by atoms with Gasteiger partial charge in [-0.1, -0.05) is 102 Å². The predicted octanol–water partition coefficient (Wildman–Crippen LogP) is 14.8. The molecule has 2 aromatic carbocycles. The number of fused-ring (bicyclic) bond motifs is 3. The Labute approximate surface area is 314 Å². The second-order valence-corrected chi connectivity index (χ2v) is 24.1. The van der Waals surface area contributed by atoms with Crippen LogP contribution in [-0.4, -0.2) is 8.07 Å². The topological polar surface area (TPSA) is 0 Å². The van der Waals surface area contributed by atoms with Gasteiger partial charge in [-0.3, -0.25) is 0 Å². The summed E-state index contributed by atoms with van der Waals surface area (Å²) in [6, 6.07) is 35.9. The van der Waals surface area contributed by atoms with Gasteiger partial charge in [0.05, 0.1) is 7.57 Å². The average molecular weight is 837 g/mol. The van der Waals surface area contributed by atoms with Gasteiger partial charge in [0.25, 0.3) is 0 Å². The van der Waals surface area contributed by atoms with Gasteiger partial charge in [0, 0.05) is 29.3 Å². The zero-order valence-electron chi connectivity index (χ0n) is 27.0. The molecule has 0 nitrogen and oxygen atoms in total. The van der Waals surface area contributed by atoms with Gasteiger partial charge in [-0.15, -0.1) is 45.3 Å². The van der Waals surface area contributed by atoms with Crippen LogP contribution >= 0.6 is 77.2 Å². The van der Waals surface area contributed by atoms with Gasteiger partial charge in [0.2, 0.25) is 0 Å². The van der Waals surface area contributed by atoms with E-state index in [-0.39, 0.29) is 0 Å². The van der Waals surface area contributed by atoms with Crippen LogP contribution in [0.3, 0.4) is 0 Å². The molecule has 0 fully saturated rings. The smallest absolute Gasteiger partial charge is 0.119 e. The highest BCUT2D eigenvalue weighted by Crippen LogP contribution is 2.43. The molecule has 0 spiro atoms. The normalized spacial score (nSPS) is 13.3. The molecule has 242 valence electrons. The molecule has 0 N–H and O–H groups in total. The van der Waals surface area contributed by atoms with Gasteiger partial charge in [0.1, 0.15) is 8.07 Å². The first-order valence-corrected chi connectivity index (χ1v) is 24.3. The van der Waals surface area contributed by atoms with Crippen molar-refractivity contribution in [1.82, 2.24) is 0 Å². The van der Waals surface area contributed by atoms with E-state index in [1.807, 2.05) is 45.3 Å². The Kier molecular flexibility index (Phi) is 10.9. The summed E-state index contributed by atoms with van der Waals surface area (Å²) in [6.45, 7) is 4.68. The van der Waals surface area contributed by atoms with Crippen LogP contribution in [0, 0.1) is 0 Å². The second kappa shape index (κ2) is 15.1. The van der Waals surface area contributed by atoms with E-state index in [0.717, 1.165) is 0 Å². The number of hydrogen-bond donors (Lipinski definition) is 0. The Balaban J connectivity index is 1.31. The van der Waals surface area contributed by atoms with E-state index < -0.39 is 8.07 Å². The van der Waals surface area contributed by atoms with Crippen molar-refractivity contribution in [1.29, 1.82) is 0 Å². The molecule has 0 amide bonds. The molecule has 1 aliphatic heterocycles. The highest BCUT2D eigenvalue weighted by Gasteiger charge is 2.44. The third-order valence-corrected chi connectivity index (χ3v) is 20.9. The molecule has 1 aliphatic rings. The number of benzene rings is 2. The minimum Gasteiger partial charge on any atom is -0.134 e. The van der Waals surface area contributed by atoms with Crippen LogP contribution < -0.4 is 10.4 Å². The lowest BCUT2D eigenvalue weighted by Gasteiger charge is -2.31. The Hall–Kier alpha value is -1.58. The molecule has 0 unspecified atom stereocenters. The summed E-state index contributed by atoms with van der Waals surface area (Å²) in [7, 11) is -2.01. The van der Waals surface area contributed by atoms with Crippen molar-refractivity contribution in [3.63, 3.8) is 0 Å². The summed E-state index contributed by atoms with van der Waals surface area (Å²) in [5, 5.41) is 3.42. The first kappa shape index (κ1) is 33.9. The van der Waals surface area contributed by atoms with E-state index in [2.05, 4.69) is 131 Å². The molecule has 7 rings (SSSR count). The van der Waals surface area contributed by atoms with Crippen molar-refractivity contribution in [3.8, 4) is 51.5 Å². The zero-order chi connectivity index (χ0) is 32.4. The predicted molar refractivity (Wildman–Crippen MR) is 223 cm³/mol. The first-order chi connectivity index (χ1) is 23.0. The molecule has 0 saturated carbocycles. The van der Waals surface area contributed by atoms with Crippen molar-refractivity contribution in [2.75, 3.05) is 0 Å². The molecule has 6 aromatic rings. The van der Waals surface area contributed by atoms with Crippen molar-refractivity contribution < 1.29 is 0 Å². The standard InChI is InChI=1S/C40H40Br2S4Si/c1-3-5-7-9-23-47(24-10-8-6-4-2)37-25-27(31-15-17-33(43-31)35-19-21-39(41)45-35)11-13-29(37)30-14-12-28(26-38(30)47)32-16-18-34(44-32)36-20-22-40(42)46-36/h11-22,25-26H,3-10,23-24H2,1-2H3. The van der Waals surface area contributed by atoms with E-state index in [1.54, 1.807) is 10.4 Å². The Bertz CT molecular complexity index is 1830. The molecule has 47 heavy (non-hydrogen) atoms. The summed E-state index contributed by atoms with van der Waals surface area (Å²) in [6.07, 6.45) is 10.6.